The van der Waals surface area contributed by atoms with E-state index in [1.54, 1.807) is 0 Å². The Hall–Kier alpha value is -2.73. The van der Waals surface area contributed by atoms with Crippen LogP contribution in [0, 0.1) is 19.8 Å². The summed E-state index contributed by atoms with van der Waals surface area (Å²) in [7, 11) is 1.00. The van der Waals surface area contributed by atoms with Crippen LogP contribution in [0.15, 0.2) is 42.5 Å². The van der Waals surface area contributed by atoms with E-state index in [1.165, 1.54) is 68.9 Å². The fraction of sp³-hybridized carbons (Fsp3) is 0.594. The Bertz CT molecular complexity index is 870. The maximum absolute atomic E-state index is 10.6. The lowest BCUT2D eigenvalue weighted by Gasteiger charge is -2.33. The van der Waals surface area contributed by atoms with Gasteiger partial charge in [0.25, 0.3) is 0 Å². The number of amides is 1. The molecule has 1 aromatic carbocycles. The summed E-state index contributed by atoms with van der Waals surface area (Å²) in [6.45, 7) is 8.38. The zero-order valence-corrected chi connectivity index (χ0v) is 24.2. The van der Waals surface area contributed by atoms with Crippen LogP contribution in [0.3, 0.4) is 0 Å². The van der Waals surface area contributed by atoms with Crippen LogP contribution in [0.5, 0.6) is 0 Å². The molecule has 38 heavy (non-hydrogen) atoms. The molecule has 2 aromatic rings. The number of aliphatic hydroxyl groups excluding tert-OH is 1. The summed E-state index contributed by atoms with van der Waals surface area (Å²) < 4.78 is 0. The molecule has 1 saturated carbocycles. The van der Waals surface area contributed by atoms with E-state index in [2.05, 4.69) is 71.5 Å². The minimum Gasteiger partial charge on any atom is -0.400 e. The van der Waals surface area contributed by atoms with Gasteiger partial charge in [0.2, 0.25) is 6.41 Å². The van der Waals surface area contributed by atoms with Crippen molar-refractivity contribution in [2.24, 2.45) is 5.92 Å². The number of piperidine rings is 1. The molecular weight excluding hydrogens is 474 g/mol. The fourth-order valence-corrected chi connectivity index (χ4v) is 4.79. The maximum atomic E-state index is 10.6. The second-order valence-corrected chi connectivity index (χ2v) is 10.1. The standard InChI is InChI=1S/C14H20N2O.C10H14.C7H13NO.CH4O/c1-11-5-6-14(15-12(11)2)16-8-3-4-13(10-16)7-9-17;1-2-3-7-10-8-5-4-6-9-10;9-6-8-7-4-2-1-3-5-7;1-2/h5-6,9,13H,3-4,7-8,10H2,1-2H3;4-6,8-9H,2-3,7H2,1H3;6-7H,1-5H2,(H,8,9);2H,1H3. The predicted molar refractivity (Wildman–Crippen MR) is 159 cm³/mol. The van der Waals surface area contributed by atoms with Gasteiger partial charge in [0.15, 0.2) is 0 Å². The number of benzene rings is 1. The number of rotatable bonds is 8. The molecule has 212 valence electrons. The van der Waals surface area contributed by atoms with Crippen LogP contribution in [-0.4, -0.2) is 49.0 Å². The SMILES string of the molecule is CCCCc1ccccc1.CO.Cc1ccc(N2CCCC(CC=O)C2)nc1C.O=CNC1CCCCC1. The van der Waals surface area contributed by atoms with Crippen molar-refractivity contribution < 1.29 is 14.7 Å². The minimum atomic E-state index is 0.483. The molecule has 2 aliphatic rings. The molecule has 0 spiro atoms. The van der Waals surface area contributed by atoms with Crippen LogP contribution < -0.4 is 10.2 Å². The molecular formula is C32H51N3O3. The first-order chi connectivity index (χ1) is 18.6. The average molecular weight is 526 g/mol. The number of hydrogen-bond donors (Lipinski definition) is 2. The zero-order chi connectivity index (χ0) is 28.0. The van der Waals surface area contributed by atoms with Crippen LogP contribution in [0.25, 0.3) is 0 Å². The molecule has 2 N–H and O–H groups in total. The van der Waals surface area contributed by atoms with Gasteiger partial charge in [-0.3, -0.25) is 4.79 Å². The molecule has 1 aromatic heterocycles. The number of carbonyl (C=O) groups is 2. The lowest BCUT2D eigenvalue weighted by atomic mass is 9.95. The summed E-state index contributed by atoms with van der Waals surface area (Å²) in [4.78, 5) is 27.5. The molecule has 1 aliphatic heterocycles. The molecule has 4 rings (SSSR count). The Morgan fingerprint density at radius 1 is 0.974 bits per heavy atom. The third-order valence-electron chi connectivity index (χ3n) is 7.18. The highest BCUT2D eigenvalue weighted by atomic mass is 16.2. The average Bonchev–Trinajstić information content (AvgIpc) is 2.97. The number of hydrogen-bond acceptors (Lipinski definition) is 5. The summed E-state index contributed by atoms with van der Waals surface area (Å²) in [6, 6.07) is 15.3. The molecule has 2 fully saturated rings. The molecule has 0 radical (unpaired) electrons. The van der Waals surface area contributed by atoms with E-state index in [0.29, 0.717) is 18.4 Å². The number of nitrogens with one attached hydrogen (secondary N) is 1. The first-order valence-corrected chi connectivity index (χ1v) is 14.4. The maximum Gasteiger partial charge on any atom is 0.207 e. The fourth-order valence-electron chi connectivity index (χ4n) is 4.79. The third kappa shape index (κ3) is 13.7. The van der Waals surface area contributed by atoms with Crippen molar-refractivity contribution in [1.29, 1.82) is 0 Å². The number of nitrogens with zero attached hydrogens (tertiary/aromatic N) is 2. The lowest BCUT2D eigenvalue weighted by Crippen LogP contribution is -2.36. The van der Waals surface area contributed by atoms with Crippen LogP contribution in [0.2, 0.25) is 0 Å². The Kier molecular flexibility index (Phi) is 18.6. The van der Waals surface area contributed by atoms with Crippen LogP contribution in [-0.2, 0) is 16.0 Å². The topological polar surface area (TPSA) is 82.5 Å². The number of aryl methyl sites for hydroxylation is 3. The molecule has 1 unspecified atom stereocenters. The number of pyridine rings is 1. The number of aldehydes is 1. The highest BCUT2D eigenvalue weighted by molar-refractivity contribution is 5.50. The normalized spacial score (nSPS) is 16.9. The monoisotopic (exact) mass is 525 g/mol. The number of anilines is 1. The van der Waals surface area contributed by atoms with Crippen LogP contribution >= 0.6 is 0 Å². The molecule has 0 bridgehead atoms. The molecule has 1 saturated heterocycles. The molecule has 2 heterocycles. The van der Waals surface area contributed by atoms with E-state index in [-0.39, 0.29) is 0 Å². The van der Waals surface area contributed by atoms with Crippen molar-refractivity contribution in [2.75, 3.05) is 25.1 Å². The van der Waals surface area contributed by atoms with Gasteiger partial charge in [0.05, 0.1) is 0 Å². The molecule has 6 heteroatoms. The number of aromatic nitrogens is 1. The second-order valence-electron chi connectivity index (χ2n) is 10.1. The Balaban J connectivity index is 0.000000295. The van der Waals surface area contributed by atoms with E-state index in [9.17, 15) is 9.59 Å². The summed E-state index contributed by atoms with van der Waals surface area (Å²) in [6.07, 6.45) is 15.0. The summed E-state index contributed by atoms with van der Waals surface area (Å²) in [5, 5.41) is 9.80. The summed E-state index contributed by atoms with van der Waals surface area (Å²) in [5.41, 5.74) is 3.79. The van der Waals surface area contributed by atoms with E-state index in [4.69, 9.17) is 5.11 Å². The molecule has 1 atom stereocenters. The van der Waals surface area contributed by atoms with Gasteiger partial charge in [-0.25, -0.2) is 4.98 Å². The first-order valence-electron chi connectivity index (χ1n) is 14.4. The van der Waals surface area contributed by atoms with Gasteiger partial charge in [-0.05, 0) is 75.5 Å². The second kappa shape index (κ2) is 21.2. The van der Waals surface area contributed by atoms with Gasteiger partial charge < -0.3 is 20.1 Å². The van der Waals surface area contributed by atoms with Gasteiger partial charge in [0.1, 0.15) is 12.1 Å². The lowest BCUT2D eigenvalue weighted by molar-refractivity contribution is -0.110. The van der Waals surface area contributed by atoms with E-state index in [1.807, 2.05) is 6.92 Å². The van der Waals surface area contributed by atoms with E-state index in [0.717, 1.165) is 50.8 Å². The molecule has 6 nitrogen and oxygen atoms in total. The molecule has 1 aliphatic carbocycles. The Morgan fingerprint density at radius 3 is 2.29 bits per heavy atom. The number of carbonyl (C=O) groups excluding carboxylic acids is 2. The third-order valence-corrected chi connectivity index (χ3v) is 7.18. The highest BCUT2D eigenvalue weighted by Crippen LogP contribution is 2.24. The quantitative estimate of drug-likeness (QED) is 0.401. The summed E-state index contributed by atoms with van der Waals surface area (Å²) >= 11 is 0. The highest BCUT2D eigenvalue weighted by Gasteiger charge is 2.20. The van der Waals surface area contributed by atoms with E-state index >= 15 is 0 Å². The van der Waals surface area contributed by atoms with E-state index < -0.39 is 0 Å². The zero-order valence-electron chi connectivity index (χ0n) is 24.2. The molecule has 1 amide bonds. The minimum absolute atomic E-state index is 0.483. The van der Waals surface area contributed by atoms with Crippen LogP contribution in [0.4, 0.5) is 5.82 Å². The van der Waals surface area contributed by atoms with Crippen molar-refractivity contribution in [2.45, 2.75) is 97.4 Å². The van der Waals surface area contributed by atoms with Gasteiger partial charge in [-0.1, -0.05) is 69.0 Å². The van der Waals surface area contributed by atoms with Gasteiger partial charge >= 0.3 is 0 Å². The van der Waals surface area contributed by atoms with Crippen molar-refractivity contribution in [3.8, 4) is 0 Å². The van der Waals surface area contributed by atoms with Gasteiger partial charge in [-0.15, -0.1) is 0 Å². The van der Waals surface area contributed by atoms with Crippen molar-refractivity contribution in [3.05, 3.63) is 59.3 Å². The predicted octanol–water partition coefficient (Wildman–Crippen LogP) is 6.21. The van der Waals surface area contributed by atoms with Gasteiger partial charge in [0, 0.05) is 38.4 Å². The Labute approximate surface area is 231 Å². The smallest absolute Gasteiger partial charge is 0.207 e. The Morgan fingerprint density at radius 2 is 1.68 bits per heavy atom. The first kappa shape index (κ1) is 33.3. The number of unbranched alkanes of at least 4 members (excludes halogenated alkanes) is 1. The van der Waals surface area contributed by atoms with Crippen molar-refractivity contribution in [3.63, 3.8) is 0 Å². The summed E-state index contributed by atoms with van der Waals surface area (Å²) in [5.74, 6) is 1.56. The van der Waals surface area contributed by atoms with Gasteiger partial charge in [-0.2, -0.15) is 0 Å². The van der Waals surface area contributed by atoms with Crippen molar-refractivity contribution in [1.82, 2.24) is 10.3 Å². The van der Waals surface area contributed by atoms with Crippen molar-refractivity contribution >= 4 is 18.5 Å². The largest absolute Gasteiger partial charge is 0.400 e. The number of aliphatic hydroxyl groups is 1. The van der Waals surface area contributed by atoms with Crippen LogP contribution in [0.1, 0.15) is 88.0 Å².